The van der Waals surface area contributed by atoms with Crippen molar-refractivity contribution >= 4 is 40.5 Å². The first-order valence-corrected chi connectivity index (χ1v) is 10.7. The molecule has 2 amide bonds. The Morgan fingerprint density at radius 2 is 1.58 bits per heavy atom. The summed E-state index contributed by atoms with van der Waals surface area (Å²) in [6, 6.07) is 13.7. The van der Waals surface area contributed by atoms with E-state index >= 15 is 0 Å². The molecule has 2 heterocycles. The first-order chi connectivity index (χ1) is 15.9. The Bertz CT molecular complexity index is 1160. The smallest absolute Gasteiger partial charge is 0.256 e. The van der Waals surface area contributed by atoms with Crippen molar-refractivity contribution in [2.45, 2.75) is 18.9 Å². The maximum Gasteiger partial charge on any atom is 0.256 e. The molecule has 0 aliphatic carbocycles. The van der Waals surface area contributed by atoms with Crippen LogP contribution in [0.25, 0.3) is 0 Å². The van der Waals surface area contributed by atoms with Gasteiger partial charge in [0.15, 0.2) is 5.11 Å². The largest absolute Gasteiger partial charge is 0.336 e. The van der Waals surface area contributed by atoms with Gasteiger partial charge in [-0.1, -0.05) is 0 Å². The van der Waals surface area contributed by atoms with Crippen molar-refractivity contribution in [3.63, 3.8) is 0 Å². The summed E-state index contributed by atoms with van der Waals surface area (Å²) in [7, 11) is 0. The van der Waals surface area contributed by atoms with Gasteiger partial charge in [-0.2, -0.15) is 0 Å². The lowest BCUT2D eigenvalue weighted by molar-refractivity contribution is -0.124. The molecule has 1 atom stereocenters. The van der Waals surface area contributed by atoms with Crippen LogP contribution >= 0.6 is 12.2 Å². The van der Waals surface area contributed by atoms with Crippen LogP contribution in [0.4, 0.5) is 20.2 Å². The van der Waals surface area contributed by atoms with Gasteiger partial charge in [-0.05, 0) is 84.9 Å². The van der Waals surface area contributed by atoms with E-state index in [-0.39, 0.29) is 17.4 Å². The SMILES string of the molecule is O=C(C[C@H]1C(=O)N(c2ccc(F)cc2)C(=S)N1CCc1ccncc1)Nc1ccc(F)cc1. The van der Waals surface area contributed by atoms with E-state index in [0.29, 0.717) is 24.3 Å². The van der Waals surface area contributed by atoms with Crippen molar-refractivity contribution in [1.29, 1.82) is 0 Å². The second kappa shape index (κ2) is 9.83. The van der Waals surface area contributed by atoms with Gasteiger partial charge in [-0.15, -0.1) is 0 Å². The summed E-state index contributed by atoms with van der Waals surface area (Å²) in [6.45, 7) is 0.404. The third kappa shape index (κ3) is 5.20. The first-order valence-electron chi connectivity index (χ1n) is 10.3. The van der Waals surface area contributed by atoms with Crippen LogP contribution in [0, 0.1) is 11.6 Å². The Balaban J connectivity index is 1.55. The Labute approximate surface area is 194 Å². The fourth-order valence-corrected chi connectivity index (χ4v) is 4.05. The average Bonchev–Trinajstić information content (AvgIpc) is 3.04. The zero-order valence-corrected chi connectivity index (χ0v) is 18.3. The minimum Gasteiger partial charge on any atom is -0.336 e. The number of carbonyl (C=O) groups excluding carboxylic acids is 2. The number of carbonyl (C=O) groups is 2. The number of nitrogens with zero attached hydrogens (tertiary/aromatic N) is 3. The lowest BCUT2D eigenvalue weighted by Crippen LogP contribution is -2.39. The van der Waals surface area contributed by atoms with Crippen LogP contribution in [0.15, 0.2) is 73.1 Å². The van der Waals surface area contributed by atoms with Gasteiger partial charge >= 0.3 is 0 Å². The molecule has 9 heteroatoms. The number of nitrogens with one attached hydrogen (secondary N) is 1. The Morgan fingerprint density at radius 3 is 2.21 bits per heavy atom. The minimum atomic E-state index is -0.829. The van der Waals surface area contributed by atoms with Crippen LogP contribution in [0.3, 0.4) is 0 Å². The van der Waals surface area contributed by atoms with E-state index in [9.17, 15) is 18.4 Å². The highest BCUT2D eigenvalue weighted by atomic mass is 32.1. The van der Waals surface area contributed by atoms with Gasteiger partial charge in [0.05, 0.1) is 12.1 Å². The summed E-state index contributed by atoms with van der Waals surface area (Å²) in [5, 5.41) is 2.93. The molecule has 1 aliphatic heterocycles. The molecule has 1 saturated heterocycles. The number of aromatic nitrogens is 1. The molecule has 0 bridgehead atoms. The summed E-state index contributed by atoms with van der Waals surface area (Å²) in [6.07, 6.45) is 3.80. The molecule has 6 nitrogen and oxygen atoms in total. The van der Waals surface area contributed by atoms with Gasteiger partial charge in [0.2, 0.25) is 5.91 Å². The van der Waals surface area contributed by atoms with E-state index in [1.807, 2.05) is 12.1 Å². The molecule has 1 N–H and O–H groups in total. The number of hydrogen-bond acceptors (Lipinski definition) is 4. The number of pyridine rings is 1. The van der Waals surface area contributed by atoms with E-state index in [2.05, 4.69) is 10.3 Å². The van der Waals surface area contributed by atoms with Gasteiger partial charge in [-0.3, -0.25) is 19.5 Å². The topological polar surface area (TPSA) is 65.5 Å². The van der Waals surface area contributed by atoms with Gasteiger partial charge in [0.1, 0.15) is 17.7 Å². The molecule has 2 aromatic carbocycles. The summed E-state index contributed by atoms with van der Waals surface area (Å²) >= 11 is 5.59. The molecule has 1 aliphatic rings. The standard InChI is InChI=1S/C24H20F2N4O2S/c25-17-1-5-19(6-2-17)28-22(31)15-21-23(32)30(20-7-3-18(26)4-8-20)24(33)29(21)14-11-16-9-12-27-13-10-16/h1-10,12-13,21H,11,14-15H2,(H,28,31)/t21-/m0/s1. The van der Waals surface area contributed by atoms with Crippen LogP contribution in [-0.2, 0) is 16.0 Å². The molecule has 1 aromatic heterocycles. The monoisotopic (exact) mass is 466 g/mol. The van der Waals surface area contributed by atoms with Crippen LogP contribution in [0.2, 0.25) is 0 Å². The number of thiocarbonyl (C=S) groups is 1. The van der Waals surface area contributed by atoms with Gasteiger partial charge in [0, 0.05) is 24.6 Å². The second-order valence-corrected chi connectivity index (χ2v) is 7.87. The molecular formula is C24H20F2N4O2S. The summed E-state index contributed by atoms with van der Waals surface area (Å²) in [5.41, 5.74) is 1.87. The van der Waals surface area contributed by atoms with Gasteiger partial charge in [-0.25, -0.2) is 8.78 Å². The molecule has 3 aromatic rings. The minimum absolute atomic E-state index is 0.148. The highest BCUT2D eigenvalue weighted by Crippen LogP contribution is 2.28. The lowest BCUT2D eigenvalue weighted by Gasteiger charge is -2.24. The molecule has 0 saturated carbocycles. The Hall–Kier alpha value is -3.72. The Morgan fingerprint density at radius 1 is 0.970 bits per heavy atom. The van der Waals surface area contributed by atoms with Crippen molar-refractivity contribution in [1.82, 2.24) is 9.88 Å². The number of hydrogen-bond donors (Lipinski definition) is 1. The molecule has 0 radical (unpaired) electrons. The number of amides is 2. The zero-order chi connectivity index (χ0) is 23.4. The highest BCUT2D eigenvalue weighted by molar-refractivity contribution is 7.80. The quantitative estimate of drug-likeness (QED) is 0.535. The zero-order valence-electron chi connectivity index (χ0n) is 17.4. The summed E-state index contributed by atoms with van der Waals surface area (Å²) in [4.78, 5) is 33.1. The van der Waals surface area contributed by atoms with Gasteiger partial charge in [0.25, 0.3) is 5.91 Å². The number of rotatable bonds is 7. The molecule has 168 valence electrons. The van der Waals surface area contributed by atoms with E-state index in [1.165, 1.54) is 53.4 Å². The average molecular weight is 467 g/mol. The Kier molecular flexibility index (Phi) is 6.69. The predicted molar refractivity (Wildman–Crippen MR) is 125 cm³/mol. The summed E-state index contributed by atoms with van der Waals surface area (Å²) in [5.74, 6) is -1.61. The highest BCUT2D eigenvalue weighted by Gasteiger charge is 2.43. The number of halogens is 2. The van der Waals surface area contributed by atoms with Crippen molar-refractivity contribution in [2.24, 2.45) is 0 Å². The molecule has 33 heavy (non-hydrogen) atoms. The van der Waals surface area contributed by atoms with Crippen LogP contribution in [0.5, 0.6) is 0 Å². The fraction of sp³-hybridized carbons (Fsp3) is 0.167. The van der Waals surface area contributed by atoms with Crippen LogP contribution in [0.1, 0.15) is 12.0 Å². The van der Waals surface area contributed by atoms with Crippen molar-refractivity contribution in [3.05, 3.63) is 90.3 Å². The van der Waals surface area contributed by atoms with E-state index in [0.717, 1.165) is 5.56 Å². The van der Waals surface area contributed by atoms with Crippen molar-refractivity contribution in [3.8, 4) is 0 Å². The lowest BCUT2D eigenvalue weighted by atomic mass is 10.1. The molecule has 0 spiro atoms. The van der Waals surface area contributed by atoms with E-state index in [1.54, 1.807) is 17.3 Å². The third-order valence-corrected chi connectivity index (χ3v) is 5.72. The molecule has 1 fully saturated rings. The number of benzene rings is 2. The molecule has 4 rings (SSSR count). The normalized spacial score (nSPS) is 15.8. The van der Waals surface area contributed by atoms with E-state index in [4.69, 9.17) is 12.2 Å². The summed E-state index contributed by atoms with van der Waals surface area (Å²) < 4.78 is 26.5. The van der Waals surface area contributed by atoms with Gasteiger partial charge < -0.3 is 10.2 Å². The molecule has 0 unspecified atom stereocenters. The third-order valence-electron chi connectivity index (χ3n) is 5.30. The van der Waals surface area contributed by atoms with Crippen LogP contribution in [-0.4, -0.2) is 39.4 Å². The maximum atomic E-state index is 13.4. The second-order valence-electron chi connectivity index (χ2n) is 7.51. The molecular weight excluding hydrogens is 446 g/mol. The fourth-order valence-electron chi connectivity index (χ4n) is 3.64. The van der Waals surface area contributed by atoms with E-state index < -0.39 is 23.6 Å². The maximum absolute atomic E-state index is 13.4. The van der Waals surface area contributed by atoms with Crippen molar-refractivity contribution in [2.75, 3.05) is 16.8 Å². The van der Waals surface area contributed by atoms with Crippen molar-refractivity contribution < 1.29 is 18.4 Å². The first kappa shape index (κ1) is 22.5. The van der Waals surface area contributed by atoms with Crippen LogP contribution < -0.4 is 10.2 Å². The number of anilines is 2. The predicted octanol–water partition coefficient (Wildman–Crippen LogP) is 3.93.